The van der Waals surface area contributed by atoms with E-state index in [-0.39, 0.29) is 0 Å². The summed E-state index contributed by atoms with van der Waals surface area (Å²) in [5.74, 6) is 4.48. The molecule has 0 atom stereocenters. The predicted molar refractivity (Wildman–Crippen MR) is 68.7 cm³/mol. The number of nitrogens with two attached hydrogens (primary N) is 1. The lowest BCUT2D eigenvalue weighted by Crippen LogP contribution is -2.24. The average Bonchev–Trinajstić information content (AvgIpc) is 2.74. The number of carbonyl (C=O) groups is 1. The summed E-state index contributed by atoms with van der Waals surface area (Å²) in [5, 5.41) is 2.43. The van der Waals surface area contributed by atoms with Gasteiger partial charge in [-0.1, -0.05) is 18.2 Å². The van der Waals surface area contributed by atoms with Crippen LogP contribution in [-0.2, 0) is 6.18 Å². The van der Waals surface area contributed by atoms with Crippen LogP contribution in [0.25, 0.3) is 0 Å². The zero-order chi connectivity index (χ0) is 14.9. The maximum Gasteiger partial charge on any atom is 0.418 e. The van der Waals surface area contributed by atoms with Crippen molar-refractivity contribution in [1.82, 2.24) is 4.68 Å². The number of aryl methyl sites for hydroxylation is 1. The van der Waals surface area contributed by atoms with E-state index >= 15 is 0 Å². The summed E-state index contributed by atoms with van der Waals surface area (Å²) < 4.78 is 39.0. The van der Waals surface area contributed by atoms with Crippen LogP contribution >= 0.6 is 0 Å². The van der Waals surface area contributed by atoms with E-state index in [0.717, 1.165) is 17.8 Å². The number of benzene rings is 1. The van der Waals surface area contributed by atoms with Crippen LogP contribution in [0.5, 0.6) is 0 Å². The molecule has 1 aromatic heterocycles. The molecule has 0 aliphatic carbocycles. The first kappa shape index (κ1) is 14.0. The van der Waals surface area contributed by atoms with Crippen LogP contribution in [0.3, 0.4) is 0 Å². The van der Waals surface area contributed by atoms with Crippen molar-refractivity contribution in [1.29, 1.82) is 0 Å². The number of carbonyl (C=O) groups excluding carboxylic acids is 1. The van der Waals surface area contributed by atoms with Gasteiger partial charge >= 0.3 is 6.18 Å². The molecule has 20 heavy (non-hydrogen) atoms. The van der Waals surface area contributed by atoms with Gasteiger partial charge in [0.25, 0.3) is 5.91 Å². The Morgan fingerprint density at radius 2 is 1.90 bits per heavy atom. The number of alkyl halides is 3. The van der Waals surface area contributed by atoms with Crippen molar-refractivity contribution in [2.75, 3.05) is 11.2 Å². The van der Waals surface area contributed by atoms with Gasteiger partial charge in [-0.3, -0.25) is 9.47 Å². The fourth-order valence-electron chi connectivity index (χ4n) is 1.81. The second kappa shape index (κ2) is 4.92. The van der Waals surface area contributed by atoms with Crippen molar-refractivity contribution < 1.29 is 18.0 Å². The molecule has 1 amide bonds. The largest absolute Gasteiger partial charge is 0.418 e. The van der Waals surface area contributed by atoms with E-state index in [4.69, 9.17) is 5.84 Å². The van der Waals surface area contributed by atoms with Crippen molar-refractivity contribution in [3.63, 3.8) is 0 Å². The van der Waals surface area contributed by atoms with Crippen LogP contribution in [-0.4, -0.2) is 10.6 Å². The lowest BCUT2D eigenvalue weighted by molar-refractivity contribution is -0.137. The standard InChI is InChI=1S/C13H12F3N3O/c1-8-4-2-3-5-10(8)18-12(20)11-9(13(14,15)16)6-7-19(11)17/h2-7H,17H2,1H3,(H,18,20). The van der Waals surface area contributed by atoms with Gasteiger partial charge in [0.1, 0.15) is 5.69 Å². The third-order valence-corrected chi connectivity index (χ3v) is 2.83. The summed E-state index contributed by atoms with van der Waals surface area (Å²) in [4.78, 5) is 12.0. The summed E-state index contributed by atoms with van der Waals surface area (Å²) in [6.07, 6.45) is -3.64. The van der Waals surface area contributed by atoms with Gasteiger partial charge in [-0.25, -0.2) is 0 Å². The highest BCUT2D eigenvalue weighted by molar-refractivity contribution is 6.04. The molecular formula is C13H12F3N3O. The minimum absolute atomic E-state index is 0.437. The number of aromatic nitrogens is 1. The predicted octanol–water partition coefficient (Wildman–Crippen LogP) is 2.78. The van der Waals surface area contributed by atoms with Crippen LogP contribution in [0.1, 0.15) is 21.6 Å². The maximum atomic E-state index is 12.8. The number of anilines is 1. The first-order valence-electron chi connectivity index (χ1n) is 5.71. The number of nitrogen functional groups attached to an aromatic ring is 1. The monoisotopic (exact) mass is 283 g/mol. The quantitative estimate of drug-likeness (QED) is 0.833. The summed E-state index contributed by atoms with van der Waals surface area (Å²) in [6, 6.07) is 7.55. The molecule has 0 fully saturated rings. The number of nitrogens with one attached hydrogen (secondary N) is 1. The highest BCUT2D eigenvalue weighted by Gasteiger charge is 2.37. The third kappa shape index (κ3) is 2.61. The lowest BCUT2D eigenvalue weighted by atomic mass is 10.2. The molecule has 0 bridgehead atoms. The summed E-state index contributed by atoms with van der Waals surface area (Å²) in [5.41, 5.74) is -0.511. The first-order valence-corrected chi connectivity index (χ1v) is 5.71. The van der Waals surface area contributed by atoms with Gasteiger partial charge in [-0.2, -0.15) is 13.2 Å². The van der Waals surface area contributed by atoms with Gasteiger partial charge in [-0.15, -0.1) is 0 Å². The second-order valence-electron chi connectivity index (χ2n) is 4.25. The number of rotatable bonds is 2. The Bertz CT molecular complexity index is 647. The molecule has 2 aromatic rings. The summed E-state index contributed by atoms with van der Waals surface area (Å²) in [6.45, 7) is 1.74. The number of para-hydroxylation sites is 1. The van der Waals surface area contributed by atoms with Crippen molar-refractivity contribution >= 4 is 11.6 Å². The number of hydrogen-bond acceptors (Lipinski definition) is 2. The number of hydrogen-bond donors (Lipinski definition) is 2. The molecule has 1 aromatic carbocycles. The smallest absolute Gasteiger partial charge is 0.339 e. The number of nitrogens with zero attached hydrogens (tertiary/aromatic N) is 1. The van der Waals surface area contributed by atoms with Crippen molar-refractivity contribution in [2.24, 2.45) is 0 Å². The van der Waals surface area contributed by atoms with Crippen LogP contribution in [0.4, 0.5) is 18.9 Å². The zero-order valence-corrected chi connectivity index (χ0v) is 10.5. The van der Waals surface area contributed by atoms with Gasteiger partial charge in [0, 0.05) is 11.9 Å². The van der Waals surface area contributed by atoms with Crippen LogP contribution in [0.15, 0.2) is 36.5 Å². The Morgan fingerprint density at radius 3 is 2.50 bits per heavy atom. The molecule has 0 unspecified atom stereocenters. The molecular weight excluding hydrogens is 271 g/mol. The molecule has 0 saturated carbocycles. The van der Waals surface area contributed by atoms with Gasteiger partial charge in [0.05, 0.1) is 5.56 Å². The third-order valence-electron chi connectivity index (χ3n) is 2.83. The first-order chi connectivity index (χ1) is 9.30. The van der Waals surface area contributed by atoms with Gasteiger partial charge < -0.3 is 11.2 Å². The fourth-order valence-corrected chi connectivity index (χ4v) is 1.81. The van der Waals surface area contributed by atoms with Crippen molar-refractivity contribution in [3.05, 3.63) is 53.3 Å². The average molecular weight is 283 g/mol. The maximum absolute atomic E-state index is 12.8. The Morgan fingerprint density at radius 1 is 1.25 bits per heavy atom. The number of halogens is 3. The highest BCUT2D eigenvalue weighted by atomic mass is 19.4. The molecule has 4 nitrogen and oxygen atoms in total. The van der Waals surface area contributed by atoms with E-state index in [1.54, 1.807) is 31.2 Å². The molecule has 106 valence electrons. The Labute approximate surface area is 113 Å². The molecule has 0 spiro atoms. The number of amides is 1. The van der Waals surface area contributed by atoms with Gasteiger partial charge in [0.2, 0.25) is 0 Å². The molecule has 0 radical (unpaired) electrons. The minimum Gasteiger partial charge on any atom is -0.339 e. The van der Waals surface area contributed by atoms with Crippen molar-refractivity contribution in [3.8, 4) is 0 Å². The van der Waals surface area contributed by atoms with E-state index < -0.39 is 23.3 Å². The minimum atomic E-state index is -4.64. The SMILES string of the molecule is Cc1ccccc1NC(=O)c1c(C(F)(F)F)ccn1N. The van der Waals surface area contributed by atoms with Crippen LogP contribution in [0.2, 0.25) is 0 Å². The Hall–Kier alpha value is -2.44. The zero-order valence-electron chi connectivity index (χ0n) is 10.5. The molecule has 0 saturated heterocycles. The molecule has 3 N–H and O–H groups in total. The second-order valence-corrected chi connectivity index (χ2v) is 4.25. The van der Waals surface area contributed by atoms with Crippen molar-refractivity contribution in [2.45, 2.75) is 13.1 Å². The molecule has 0 aliphatic rings. The lowest BCUT2D eigenvalue weighted by Gasteiger charge is -2.12. The summed E-state index contributed by atoms with van der Waals surface area (Å²) >= 11 is 0. The van der Waals surface area contributed by atoms with Gasteiger partial charge in [-0.05, 0) is 24.6 Å². The molecule has 7 heteroatoms. The topological polar surface area (TPSA) is 60.0 Å². The normalized spacial score (nSPS) is 11.4. The summed E-state index contributed by atoms with van der Waals surface area (Å²) in [7, 11) is 0. The molecule has 1 heterocycles. The van der Waals surface area contributed by atoms with Crippen LogP contribution < -0.4 is 11.2 Å². The Balaban J connectivity index is 2.36. The van der Waals surface area contributed by atoms with Gasteiger partial charge in [0.15, 0.2) is 0 Å². The van der Waals surface area contributed by atoms with Crippen LogP contribution in [0, 0.1) is 6.92 Å². The van der Waals surface area contributed by atoms with E-state index in [1.807, 2.05) is 0 Å². The fraction of sp³-hybridized carbons (Fsp3) is 0.154. The molecule has 2 rings (SSSR count). The van der Waals surface area contributed by atoms with E-state index in [2.05, 4.69) is 5.32 Å². The highest BCUT2D eigenvalue weighted by Crippen LogP contribution is 2.32. The van der Waals surface area contributed by atoms with E-state index in [0.29, 0.717) is 10.4 Å². The van der Waals surface area contributed by atoms with E-state index in [9.17, 15) is 18.0 Å². The Kier molecular flexibility index (Phi) is 3.44. The van der Waals surface area contributed by atoms with E-state index in [1.165, 1.54) is 0 Å². The molecule has 0 aliphatic heterocycles.